The molecule has 0 spiro atoms. The number of furan rings is 2. The van der Waals surface area contributed by atoms with Crippen molar-refractivity contribution in [3.63, 3.8) is 0 Å². The molecule has 2 aromatic heterocycles. The summed E-state index contributed by atoms with van der Waals surface area (Å²) in [6, 6.07) is 5.44. The predicted octanol–water partition coefficient (Wildman–Crippen LogP) is 18.8. The molecule has 0 aliphatic carbocycles. The van der Waals surface area contributed by atoms with Crippen LogP contribution in [-0.2, 0) is 0 Å². The maximum Gasteiger partial charge on any atom is 0.488 e. The van der Waals surface area contributed by atoms with Crippen LogP contribution in [0.4, 0.5) is 0 Å². The Morgan fingerprint density at radius 2 is 0.684 bits per heavy atom. The van der Waals surface area contributed by atoms with E-state index in [0.29, 0.717) is 27.6 Å². The van der Waals surface area contributed by atoms with Gasteiger partial charge < -0.3 is 18.9 Å². The highest BCUT2D eigenvalue weighted by Crippen LogP contribution is 2.46. The van der Waals surface area contributed by atoms with Gasteiger partial charge in [-0.1, -0.05) is 224 Å². The number of benzene rings is 14. The molecule has 2 N–H and O–H groups in total. The molecule has 0 fully saturated rings. The highest BCUT2D eigenvalue weighted by molar-refractivity contribution is 9.10. The molecule has 0 aliphatic rings. The largest absolute Gasteiger partial charge is 0.488 e. The van der Waals surface area contributed by atoms with E-state index < -0.39 is 216 Å². The zero-order valence-electron chi connectivity index (χ0n) is 70.3. The van der Waals surface area contributed by atoms with Crippen molar-refractivity contribution in [1.29, 1.82) is 0 Å². The summed E-state index contributed by atoms with van der Waals surface area (Å²) in [5.41, 5.74) is 1.80. The van der Waals surface area contributed by atoms with Gasteiger partial charge in [-0.15, -0.1) is 0 Å². The van der Waals surface area contributed by atoms with E-state index in [-0.39, 0.29) is 78.1 Å². The van der Waals surface area contributed by atoms with E-state index in [1.807, 2.05) is 36.4 Å². The topological polar surface area (TPSA) is 66.7 Å². The van der Waals surface area contributed by atoms with Crippen molar-refractivity contribution < 1.29 is 60.0 Å². The fourth-order valence-electron chi connectivity index (χ4n) is 9.59. The lowest BCUT2D eigenvalue weighted by Crippen LogP contribution is -2.29. The first kappa shape index (κ1) is 26.4. The number of halogens is 1. The molecule has 0 atom stereocenters. The van der Waals surface area contributed by atoms with Crippen LogP contribution in [0.3, 0.4) is 0 Å². The predicted molar refractivity (Wildman–Crippen MR) is 339 cm³/mol. The molecule has 0 saturated heterocycles. The third kappa shape index (κ3) is 8.79. The van der Waals surface area contributed by atoms with Gasteiger partial charge in [0.05, 0.1) is 41.1 Å². The Bertz CT molecular complexity index is 6670. The van der Waals surface area contributed by atoms with Crippen molar-refractivity contribution in [1.82, 2.24) is 0 Å². The van der Waals surface area contributed by atoms with Gasteiger partial charge in [0.1, 0.15) is 22.3 Å². The number of hydrogen-bond acceptors (Lipinski definition) is 4. The Morgan fingerprint density at radius 3 is 1.14 bits per heavy atom. The summed E-state index contributed by atoms with van der Waals surface area (Å²) in [6.45, 7) is 0. The Hall–Kier alpha value is -9.23. The summed E-state index contributed by atoms with van der Waals surface area (Å²) < 4.78 is 271. The molecule has 14 aromatic carbocycles. The van der Waals surface area contributed by atoms with Crippen molar-refractivity contribution in [2.45, 2.75) is 0 Å². The van der Waals surface area contributed by atoms with Crippen LogP contribution in [0.25, 0.3) is 142 Å². The highest BCUT2D eigenvalue weighted by atomic mass is 79.9. The van der Waals surface area contributed by atoms with Gasteiger partial charge in [0.15, 0.2) is 0 Å². The molecular formula is C72H46B2BrO4. The smallest absolute Gasteiger partial charge is 0.456 e. The molecule has 2 heterocycles. The molecule has 4 nitrogen and oxygen atoms in total. The highest BCUT2D eigenvalue weighted by Gasteiger charge is 2.19. The molecule has 16 rings (SSSR count). The second-order valence-corrected chi connectivity index (χ2v) is 18.3. The van der Waals surface area contributed by atoms with Gasteiger partial charge in [-0.2, -0.15) is 0 Å². The minimum absolute atomic E-state index is 0. The molecule has 0 unspecified atom stereocenters. The summed E-state index contributed by atoms with van der Waals surface area (Å²) in [4.78, 5) is 0. The van der Waals surface area contributed by atoms with Crippen LogP contribution in [0, 0.1) is 0 Å². The quantitative estimate of drug-likeness (QED) is 0.136. The van der Waals surface area contributed by atoms with Gasteiger partial charge in [-0.05, 0) is 162 Å². The zero-order valence-corrected chi connectivity index (χ0v) is 41.9. The first-order valence-electron chi connectivity index (χ1n) is 38.7. The molecule has 0 aliphatic heterocycles. The van der Waals surface area contributed by atoms with Crippen LogP contribution >= 0.6 is 15.9 Å². The standard InChI is InChI=1S/C36H22O.C24H15Br.C12H9BO3.B/c1-2-10-24-21-25(18-17-23(24)9-1)35-28-12-3-5-14-30(28)36(31-15-6-4-13-29(31)35)26-19-20-34-32(22-26)27-11-7-8-16-33(27)37-34;25-24-21-11-5-3-9-19(21)23(20-10-4-6-12-22(20)24)18-14-13-16-7-1-2-8-17(16)15-18;14-13(15)8-5-6-12-10(7-8)9-3-1-2-4-11(9)16-12;/h1-22H;1-15H;1-7,14-15H;/i1D,2D,3D,4D,5D,6D,9D,10D,12D,13D,14D,15D,17D,18D,21D;1D,2D,3D,4D,5D,6D,7D,8D,9D,10D,11D,12D,13D,14D,15D;;. The Labute approximate surface area is 508 Å². The summed E-state index contributed by atoms with van der Waals surface area (Å²) in [5, 5.41) is 18.0. The minimum atomic E-state index is -1.45. The Kier molecular flexibility index (Phi) is 6.89. The first-order chi connectivity index (χ1) is 50.9. The Balaban J connectivity index is 0.000000161. The fourth-order valence-corrected chi connectivity index (χ4v) is 10.2. The monoisotopic (exact) mass is 1110 g/mol. The number of rotatable bonds is 4. The molecule has 0 saturated carbocycles. The molecule has 79 heavy (non-hydrogen) atoms. The van der Waals surface area contributed by atoms with Gasteiger partial charge >= 0.3 is 7.12 Å². The van der Waals surface area contributed by atoms with Crippen LogP contribution in [0.15, 0.2) is 280 Å². The maximum atomic E-state index is 9.33. The molecule has 0 bridgehead atoms. The van der Waals surface area contributed by atoms with Crippen molar-refractivity contribution in [3.05, 3.63) is 271 Å². The molecule has 371 valence electrons. The van der Waals surface area contributed by atoms with Gasteiger partial charge in [0.25, 0.3) is 0 Å². The normalized spacial score (nSPS) is 16.7. The summed E-state index contributed by atoms with van der Waals surface area (Å²) >= 11 is 3.28. The van der Waals surface area contributed by atoms with E-state index in [4.69, 9.17) is 53.2 Å². The van der Waals surface area contributed by atoms with Crippen molar-refractivity contribution >= 4 is 145 Å². The minimum Gasteiger partial charge on any atom is -0.456 e. The lowest BCUT2D eigenvalue weighted by molar-refractivity contribution is 0.426. The van der Waals surface area contributed by atoms with E-state index >= 15 is 0 Å². The van der Waals surface area contributed by atoms with Crippen LogP contribution in [0.2, 0.25) is 0 Å². The third-order valence-corrected chi connectivity index (χ3v) is 13.8. The SMILES string of the molecule is OB(O)c1ccc2oc3ccccc3c2c1.[2H]c1c([2H])c([2H])c2c([2H])c(-c3c4c([2H])c([2H])c([2H])c([2H])c4c(-c4ccc5oc6ccccc6c5c4)c4c([2H])c([2H])c([2H])c([2H])c34)c([2H])c([2H])c2c1[2H].[2H]c1c([2H])c([2H])c2c([2H])c(-c3c4c([2H])c([2H])c([2H])c([2H])c4c(Br)c4c([2H])c([2H])c([2H])c([2H])c34)c([2H])c([2H])c2c1[2H].[B]. The lowest BCUT2D eigenvalue weighted by atomic mass is 9.80. The van der Waals surface area contributed by atoms with Gasteiger partial charge in [-0.25, -0.2) is 0 Å². The zero-order chi connectivity index (χ0) is 78.4. The molecule has 0 amide bonds. The van der Waals surface area contributed by atoms with E-state index in [0.717, 1.165) is 27.3 Å². The first-order valence-corrected chi connectivity index (χ1v) is 24.5. The Morgan fingerprint density at radius 1 is 0.329 bits per heavy atom. The van der Waals surface area contributed by atoms with Crippen LogP contribution in [-0.4, -0.2) is 25.6 Å². The number of para-hydroxylation sites is 2. The van der Waals surface area contributed by atoms with Crippen molar-refractivity contribution in [2.24, 2.45) is 0 Å². The summed E-state index contributed by atoms with van der Waals surface area (Å²) in [7, 11) is -1.45. The van der Waals surface area contributed by atoms with E-state index in [2.05, 4.69) is 15.9 Å². The van der Waals surface area contributed by atoms with Crippen LogP contribution in [0.1, 0.15) is 41.1 Å². The lowest BCUT2D eigenvalue weighted by Gasteiger charge is -2.18. The van der Waals surface area contributed by atoms with Crippen molar-refractivity contribution in [3.8, 4) is 33.4 Å². The third-order valence-electron chi connectivity index (χ3n) is 13.1. The fraction of sp³-hybridized carbons (Fsp3) is 0. The van der Waals surface area contributed by atoms with Crippen LogP contribution in [0.5, 0.6) is 0 Å². The van der Waals surface area contributed by atoms with Crippen molar-refractivity contribution in [2.75, 3.05) is 0 Å². The number of hydrogen-bond donors (Lipinski definition) is 2. The average Bonchev–Trinajstić information content (AvgIpc) is 0.735. The van der Waals surface area contributed by atoms with E-state index in [1.54, 1.807) is 48.5 Å². The molecule has 7 heteroatoms. The maximum absolute atomic E-state index is 9.33. The summed E-state index contributed by atoms with van der Waals surface area (Å²) in [6.07, 6.45) is 0. The average molecular weight is 1110 g/mol. The molecule has 3 radical (unpaired) electrons. The summed E-state index contributed by atoms with van der Waals surface area (Å²) in [5.74, 6) is 0. The number of fused-ring (bicyclic) bond motifs is 12. The van der Waals surface area contributed by atoms with Gasteiger partial charge in [0, 0.05) is 34.4 Å². The van der Waals surface area contributed by atoms with Gasteiger partial charge in [-0.3, -0.25) is 0 Å². The van der Waals surface area contributed by atoms with E-state index in [1.165, 1.54) is 0 Å². The second kappa shape index (κ2) is 20.6. The van der Waals surface area contributed by atoms with Crippen LogP contribution < -0.4 is 5.46 Å². The molecular weight excluding hydrogens is 1030 g/mol. The second-order valence-electron chi connectivity index (χ2n) is 17.5. The van der Waals surface area contributed by atoms with E-state index in [9.17, 15) is 6.85 Å². The molecule has 16 aromatic rings. The van der Waals surface area contributed by atoms with Gasteiger partial charge in [0.2, 0.25) is 0 Å².